The normalized spacial score (nSPS) is 17.3. The summed E-state index contributed by atoms with van der Waals surface area (Å²) in [5, 5.41) is 2.73. The third-order valence-electron chi connectivity index (χ3n) is 2.81. The minimum Gasteiger partial charge on any atom is -0.497 e. The van der Waals surface area contributed by atoms with E-state index in [1.807, 2.05) is 0 Å². The summed E-state index contributed by atoms with van der Waals surface area (Å²) in [4.78, 5) is 23.0. The van der Waals surface area contributed by atoms with Crippen LogP contribution in [0, 0.1) is 0 Å². The van der Waals surface area contributed by atoms with Gasteiger partial charge < -0.3 is 14.8 Å². The highest BCUT2D eigenvalue weighted by atomic mass is 16.5. The van der Waals surface area contributed by atoms with Crippen molar-refractivity contribution in [3.8, 4) is 5.75 Å². The first-order valence-electron chi connectivity index (χ1n) is 5.21. The summed E-state index contributed by atoms with van der Waals surface area (Å²) in [6, 6.07) is 5.30. The number of esters is 1. The first-order chi connectivity index (χ1) is 8.15. The van der Waals surface area contributed by atoms with Crippen molar-refractivity contribution in [2.45, 2.75) is 12.3 Å². The average Bonchev–Trinajstić information content (AvgIpc) is 2.65. The molecule has 1 aromatic carbocycles. The Kier molecular flexibility index (Phi) is 2.99. The molecule has 1 aliphatic rings. The van der Waals surface area contributed by atoms with E-state index in [0.29, 0.717) is 5.75 Å². The topological polar surface area (TPSA) is 64.6 Å². The van der Waals surface area contributed by atoms with Crippen molar-refractivity contribution in [3.63, 3.8) is 0 Å². The minimum atomic E-state index is -0.493. The zero-order chi connectivity index (χ0) is 12.4. The molecule has 0 spiro atoms. The summed E-state index contributed by atoms with van der Waals surface area (Å²) in [5.41, 5.74) is 1.50. The smallest absolute Gasteiger partial charge is 0.306 e. The van der Waals surface area contributed by atoms with Crippen LogP contribution < -0.4 is 10.1 Å². The van der Waals surface area contributed by atoms with Crippen LogP contribution in [0.25, 0.3) is 0 Å². The molecule has 1 atom stereocenters. The van der Waals surface area contributed by atoms with Gasteiger partial charge in [0, 0.05) is 5.69 Å². The van der Waals surface area contributed by atoms with Crippen molar-refractivity contribution < 1.29 is 19.1 Å². The average molecular weight is 235 g/mol. The summed E-state index contributed by atoms with van der Waals surface area (Å²) in [6.45, 7) is 0. The fourth-order valence-corrected chi connectivity index (χ4v) is 1.88. The highest BCUT2D eigenvalue weighted by molar-refractivity contribution is 6.04. The number of benzene rings is 1. The molecule has 2 rings (SSSR count). The number of amides is 1. The van der Waals surface area contributed by atoms with Crippen LogP contribution in [0.1, 0.15) is 17.9 Å². The molecule has 17 heavy (non-hydrogen) atoms. The highest BCUT2D eigenvalue weighted by Crippen LogP contribution is 2.37. The third kappa shape index (κ3) is 2.08. The number of carbonyl (C=O) groups is 2. The molecule has 0 radical (unpaired) electrons. The lowest BCUT2D eigenvalue weighted by Gasteiger charge is -2.08. The van der Waals surface area contributed by atoms with Crippen LogP contribution in [0.15, 0.2) is 18.2 Å². The molecule has 90 valence electrons. The predicted octanol–water partition coefficient (Wildman–Crippen LogP) is 1.29. The number of methoxy groups -OCH3 is 2. The van der Waals surface area contributed by atoms with E-state index in [2.05, 4.69) is 10.1 Å². The van der Waals surface area contributed by atoms with Crippen molar-refractivity contribution in [3.05, 3.63) is 23.8 Å². The maximum atomic E-state index is 11.7. The van der Waals surface area contributed by atoms with Crippen molar-refractivity contribution in [2.75, 3.05) is 19.5 Å². The van der Waals surface area contributed by atoms with Crippen LogP contribution in [0.5, 0.6) is 5.75 Å². The molecular formula is C12H13NO4. The molecule has 5 nitrogen and oxygen atoms in total. The van der Waals surface area contributed by atoms with E-state index in [0.717, 1.165) is 11.3 Å². The second-order valence-corrected chi connectivity index (χ2v) is 3.78. The maximum absolute atomic E-state index is 11.7. The Bertz CT molecular complexity index is 470. The Labute approximate surface area is 98.7 Å². The van der Waals surface area contributed by atoms with Gasteiger partial charge in [0.2, 0.25) is 5.91 Å². The number of nitrogens with one attached hydrogen (secondary N) is 1. The first kappa shape index (κ1) is 11.4. The maximum Gasteiger partial charge on any atom is 0.306 e. The molecular weight excluding hydrogens is 222 g/mol. The van der Waals surface area contributed by atoms with Gasteiger partial charge in [-0.15, -0.1) is 0 Å². The lowest BCUT2D eigenvalue weighted by Crippen LogP contribution is -2.16. The molecule has 0 saturated carbocycles. The fourth-order valence-electron chi connectivity index (χ4n) is 1.88. The number of rotatable bonds is 3. The Morgan fingerprint density at radius 3 is 2.82 bits per heavy atom. The zero-order valence-electron chi connectivity index (χ0n) is 9.65. The summed E-state index contributed by atoms with van der Waals surface area (Å²) in [6.07, 6.45) is 0.0441. The van der Waals surface area contributed by atoms with Gasteiger partial charge in [0.05, 0.1) is 26.6 Å². The van der Waals surface area contributed by atoms with E-state index in [4.69, 9.17) is 4.74 Å². The standard InChI is InChI=1S/C12H13NO4/c1-16-7-3-4-10-8(5-7)9(12(15)13-10)6-11(14)17-2/h3-5,9H,6H2,1-2H3,(H,13,15). The van der Waals surface area contributed by atoms with Gasteiger partial charge in [-0.1, -0.05) is 0 Å². The number of fused-ring (bicyclic) bond motifs is 1. The molecule has 1 unspecified atom stereocenters. The third-order valence-corrected chi connectivity index (χ3v) is 2.81. The second kappa shape index (κ2) is 4.45. The lowest BCUT2D eigenvalue weighted by atomic mass is 9.97. The van der Waals surface area contributed by atoms with Gasteiger partial charge in [-0.05, 0) is 23.8 Å². The largest absolute Gasteiger partial charge is 0.497 e. The van der Waals surface area contributed by atoms with Crippen LogP contribution in [0.2, 0.25) is 0 Å². The van der Waals surface area contributed by atoms with Gasteiger partial charge >= 0.3 is 5.97 Å². The van der Waals surface area contributed by atoms with Crippen LogP contribution in [-0.4, -0.2) is 26.1 Å². The van der Waals surface area contributed by atoms with Gasteiger partial charge in [-0.2, -0.15) is 0 Å². The summed E-state index contributed by atoms with van der Waals surface area (Å²) >= 11 is 0. The Morgan fingerprint density at radius 1 is 1.41 bits per heavy atom. The number of anilines is 1. The van der Waals surface area contributed by atoms with Gasteiger partial charge in [0.15, 0.2) is 0 Å². The van der Waals surface area contributed by atoms with E-state index in [9.17, 15) is 9.59 Å². The second-order valence-electron chi connectivity index (χ2n) is 3.78. The number of hydrogen-bond acceptors (Lipinski definition) is 4. The van der Waals surface area contributed by atoms with Crippen LogP contribution in [0.3, 0.4) is 0 Å². The highest BCUT2D eigenvalue weighted by Gasteiger charge is 2.32. The Hall–Kier alpha value is -2.04. The van der Waals surface area contributed by atoms with E-state index in [1.165, 1.54) is 7.11 Å². The summed E-state index contributed by atoms with van der Waals surface area (Å²) < 4.78 is 9.68. The van der Waals surface area contributed by atoms with Crippen molar-refractivity contribution in [1.29, 1.82) is 0 Å². The number of ether oxygens (including phenoxy) is 2. The van der Waals surface area contributed by atoms with Crippen molar-refractivity contribution in [1.82, 2.24) is 0 Å². The van der Waals surface area contributed by atoms with E-state index in [1.54, 1.807) is 25.3 Å². The summed E-state index contributed by atoms with van der Waals surface area (Å²) in [7, 11) is 2.86. The number of carbonyl (C=O) groups excluding carboxylic acids is 2. The molecule has 1 amide bonds. The van der Waals surface area contributed by atoms with Crippen LogP contribution >= 0.6 is 0 Å². The molecule has 1 aliphatic heterocycles. The molecule has 5 heteroatoms. The molecule has 0 saturated heterocycles. The lowest BCUT2D eigenvalue weighted by molar-refractivity contribution is -0.142. The quantitative estimate of drug-likeness (QED) is 0.802. The number of hydrogen-bond donors (Lipinski definition) is 1. The first-order valence-corrected chi connectivity index (χ1v) is 5.21. The molecule has 1 heterocycles. The minimum absolute atomic E-state index is 0.0441. The molecule has 1 aromatic rings. The van der Waals surface area contributed by atoms with E-state index >= 15 is 0 Å². The Morgan fingerprint density at radius 2 is 2.18 bits per heavy atom. The van der Waals surface area contributed by atoms with E-state index in [-0.39, 0.29) is 12.3 Å². The molecule has 0 aliphatic carbocycles. The van der Waals surface area contributed by atoms with Crippen molar-refractivity contribution in [2.24, 2.45) is 0 Å². The Balaban J connectivity index is 2.31. The molecule has 1 N–H and O–H groups in total. The van der Waals surface area contributed by atoms with Gasteiger partial charge in [-0.3, -0.25) is 9.59 Å². The summed E-state index contributed by atoms with van der Waals surface area (Å²) in [5.74, 6) is -0.415. The van der Waals surface area contributed by atoms with E-state index < -0.39 is 11.9 Å². The molecule has 0 aromatic heterocycles. The molecule has 0 bridgehead atoms. The monoisotopic (exact) mass is 235 g/mol. The SMILES string of the molecule is COC(=O)CC1C(=O)Nc2ccc(OC)cc21. The van der Waals surface area contributed by atoms with Gasteiger partial charge in [0.1, 0.15) is 5.75 Å². The zero-order valence-corrected chi connectivity index (χ0v) is 9.65. The van der Waals surface area contributed by atoms with Gasteiger partial charge in [0.25, 0.3) is 0 Å². The van der Waals surface area contributed by atoms with Crippen molar-refractivity contribution >= 4 is 17.6 Å². The van der Waals surface area contributed by atoms with Crippen LogP contribution in [-0.2, 0) is 14.3 Å². The van der Waals surface area contributed by atoms with Crippen LogP contribution in [0.4, 0.5) is 5.69 Å². The molecule has 0 fully saturated rings. The predicted molar refractivity (Wildman–Crippen MR) is 61.0 cm³/mol. The fraction of sp³-hybridized carbons (Fsp3) is 0.333. The van der Waals surface area contributed by atoms with Gasteiger partial charge in [-0.25, -0.2) is 0 Å².